The number of nitrogens with zero attached hydrogens (tertiary/aromatic N) is 4. The average Bonchev–Trinajstić information content (AvgIpc) is 3.13. The molecular weight excluding hydrogens is 764 g/mol. The SMILES string of the molecule is O=C(CC1CCN(C(=O)c2ccncc2)CC1)Nc1ccc2cc1CCc1cccc(c1)Nc1ncc(Cl)c(n1)N2.O=C(O)C(F)(F)F.O=C(O)C(F)(F)F. The lowest BCUT2D eigenvalue weighted by atomic mass is 9.92. The number of hydrogen-bond acceptors (Lipinski definition) is 9. The molecule has 13 nitrogen and oxygen atoms in total. The van der Waals surface area contributed by atoms with E-state index < -0.39 is 24.3 Å². The number of carboxylic acid groups (broad SMARTS) is 2. The van der Waals surface area contributed by atoms with Crippen LogP contribution in [0.2, 0.25) is 5.02 Å². The minimum atomic E-state index is -5.08. The van der Waals surface area contributed by atoms with Gasteiger partial charge in [-0.25, -0.2) is 14.6 Å². The number of anilines is 5. The van der Waals surface area contributed by atoms with Crippen molar-refractivity contribution in [1.29, 1.82) is 0 Å². The van der Waals surface area contributed by atoms with Crippen LogP contribution in [0.15, 0.2) is 73.2 Å². The van der Waals surface area contributed by atoms with Crippen molar-refractivity contribution in [3.8, 4) is 0 Å². The number of halogens is 7. The number of pyridine rings is 1. The predicted octanol–water partition coefficient (Wildman–Crippen LogP) is 7.26. The Kier molecular flexibility index (Phi) is 14.0. The summed E-state index contributed by atoms with van der Waals surface area (Å²) < 4.78 is 63.5. The molecular formula is C35H32ClF6N7O6. The van der Waals surface area contributed by atoms with E-state index in [0.29, 0.717) is 41.9 Å². The number of benzene rings is 2. The van der Waals surface area contributed by atoms with Gasteiger partial charge >= 0.3 is 24.3 Å². The molecule has 2 aliphatic rings. The molecule has 4 aromatic rings. The van der Waals surface area contributed by atoms with Crippen LogP contribution in [-0.2, 0) is 27.2 Å². The van der Waals surface area contributed by atoms with E-state index in [2.05, 4.69) is 43.0 Å². The molecule has 1 fully saturated rings. The molecule has 0 unspecified atom stereocenters. The first-order chi connectivity index (χ1) is 25.9. The first kappa shape index (κ1) is 41.8. The number of hydrogen-bond donors (Lipinski definition) is 5. The van der Waals surface area contributed by atoms with Crippen molar-refractivity contribution in [3.63, 3.8) is 0 Å². The standard InChI is InChI=1S/C31H30ClN7O2.2C2HF3O2/c32-26-19-34-31-36-24-3-1-2-20(16-24)4-5-23-18-25(35-29(26)38-31)6-7-27(23)37-28(40)17-21-10-14-39(15-11-21)30(41)22-8-12-33-13-9-22;2*3-2(4,5)1(6)7/h1-3,6-9,12-13,16,18-19,21H,4-5,10-11,14-15,17H2,(H,37,40)(H2,34,35,36,38);2*(H,6,7). The van der Waals surface area contributed by atoms with Gasteiger partial charge in [0.2, 0.25) is 11.9 Å². The fraction of sp³-hybridized carbons (Fsp3) is 0.286. The molecule has 0 aliphatic carbocycles. The molecule has 2 aromatic carbocycles. The predicted molar refractivity (Wildman–Crippen MR) is 187 cm³/mol. The number of carbonyl (C=O) groups is 4. The third-order valence-corrected chi connectivity index (χ3v) is 8.32. The summed E-state index contributed by atoms with van der Waals surface area (Å²) in [6, 6.07) is 17.5. The van der Waals surface area contributed by atoms with Crippen molar-refractivity contribution < 1.29 is 55.7 Å². The van der Waals surface area contributed by atoms with Gasteiger partial charge < -0.3 is 31.1 Å². The molecule has 20 heteroatoms. The van der Waals surface area contributed by atoms with Crippen LogP contribution in [0.25, 0.3) is 0 Å². The van der Waals surface area contributed by atoms with Crippen LogP contribution in [0.3, 0.4) is 0 Å². The topological polar surface area (TPSA) is 187 Å². The molecule has 0 atom stereocenters. The molecule has 0 saturated carbocycles. The quantitative estimate of drug-likeness (QED) is 0.131. The van der Waals surface area contributed by atoms with Gasteiger partial charge in [-0.3, -0.25) is 14.6 Å². The Labute approximate surface area is 313 Å². The Bertz CT molecular complexity index is 1970. The number of aryl methyl sites for hydroxylation is 2. The molecule has 6 bridgehead atoms. The van der Waals surface area contributed by atoms with Gasteiger partial charge in [-0.1, -0.05) is 23.7 Å². The normalized spacial score (nSPS) is 14.0. The Morgan fingerprint density at radius 2 is 1.47 bits per heavy atom. The number of rotatable bonds is 4. The lowest BCUT2D eigenvalue weighted by molar-refractivity contribution is -0.193. The van der Waals surface area contributed by atoms with Crippen LogP contribution in [0.1, 0.15) is 40.7 Å². The van der Waals surface area contributed by atoms with Crippen molar-refractivity contribution in [3.05, 3.63) is 94.9 Å². The largest absolute Gasteiger partial charge is 0.490 e. The third kappa shape index (κ3) is 12.8. The highest BCUT2D eigenvalue weighted by Crippen LogP contribution is 2.30. The lowest BCUT2D eigenvalue weighted by Gasteiger charge is -2.31. The zero-order chi connectivity index (χ0) is 40.3. The van der Waals surface area contributed by atoms with Crippen molar-refractivity contribution in [2.75, 3.05) is 29.0 Å². The molecule has 55 heavy (non-hydrogen) atoms. The minimum absolute atomic E-state index is 0.0153. The third-order valence-electron chi connectivity index (χ3n) is 8.04. The molecule has 6 rings (SSSR count). The van der Waals surface area contributed by atoms with Crippen molar-refractivity contribution in [1.82, 2.24) is 19.9 Å². The average molecular weight is 796 g/mol. The van der Waals surface area contributed by atoms with Gasteiger partial charge in [0.25, 0.3) is 5.91 Å². The van der Waals surface area contributed by atoms with Gasteiger partial charge in [0.1, 0.15) is 5.02 Å². The van der Waals surface area contributed by atoms with Crippen LogP contribution in [-0.4, -0.2) is 79.3 Å². The molecule has 0 radical (unpaired) electrons. The first-order valence-corrected chi connectivity index (χ1v) is 16.6. The Balaban J connectivity index is 0.000000410. The number of carbonyl (C=O) groups excluding carboxylic acids is 2. The maximum atomic E-state index is 13.2. The van der Waals surface area contributed by atoms with E-state index in [0.717, 1.165) is 53.9 Å². The second-order valence-electron chi connectivity index (χ2n) is 12.0. The van der Waals surface area contributed by atoms with Gasteiger partial charge in [0.05, 0.1) is 6.20 Å². The van der Waals surface area contributed by atoms with Crippen molar-refractivity contribution in [2.45, 2.75) is 44.5 Å². The summed E-state index contributed by atoms with van der Waals surface area (Å²) in [5, 5.41) is 24.4. The molecule has 1 saturated heterocycles. The molecule has 2 amide bonds. The minimum Gasteiger partial charge on any atom is -0.475 e. The second-order valence-corrected chi connectivity index (χ2v) is 12.4. The highest BCUT2D eigenvalue weighted by atomic mass is 35.5. The fourth-order valence-electron chi connectivity index (χ4n) is 5.35. The molecule has 4 heterocycles. The van der Waals surface area contributed by atoms with Crippen LogP contribution >= 0.6 is 11.6 Å². The summed E-state index contributed by atoms with van der Waals surface area (Å²) in [6.07, 6.45) is -1.79. The maximum absolute atomic E-state index is 13.2. The van der Waals surface area contributed by atoms with Crippen LogP contribution in [0, 0.1) is 5.92 Å². The van der Waals surface area contributed by atoms with E-state index in [1.807, 2.05) is 35.2 Å². The Hall–Kier alpha value is -5.98. The Morgan fingerprint density at radius 1 is 0.855 bits per heavy atom. The molecule has 0 spiro atoms. The van der Waals surface area contributed by atoms with E-state index in [9.17, 15) is 35.9 Å². The molecule has 2 aromatic heterocycles. The van der Waals surface area contributed by atoms with E-state index in [1.165, 1.54) is 0 Å². The number of nitrogens with one attached hydrogen (secondary N) is 3. The molecule has 2 aliphatic heterocycles. The van der Waals surface area contributed by atoms with Gasteiger partial charge in [0, 0.05) is 54.5 Å². The highest BCUT2D eigenvalue weighted by Gasteiger charge is 2.39. The second kappa shape index (κ2) is 18.4. The molecule has 5 N–H and O–H groups in total. The van der Waals surface area contributed by atoms with E-state index >= 15 is 0 Å². The summed E-state index contributed by atoms with van der Waals surface area (Å²) in [4.78, 5) is 58.4. The van der Waals surface area contributed by atoms with Gasteiger partial charge in [-0.2, -0.15) is 31.3 Å². The van der Waals surface area contributed by atoms with Crippen LogP contribution < -0.4 is 16.0 Å². The van der Waals surface area contributed by atoms with Gasteiger partial charge in [-0.15, -0.1) is 0 Å². The zero-order valence-electron chi connectivity index (χ0n) is 28.4. The first-order valence-electron chi connectivity index (χ1n) is 16.3. The van der Waals surface area contributed by atoms with E-state index in [-0.39, 0.29) is 17.7 Å². The van der Waals surface area contributed by atoms with E-state index in [1.54, 1.807) is 30.7 Å². The van der Waals surface area contributed by atoms with Crippen LogP contribution in [0.5, 0.6) is 0 Å². The monoisotopic (exact) mass is 795 g/mol. The number of fused-ring (bicyclic) bond motifs is 6. The summed E-state index contributed by atoms with van der Waals surface area (Å²) in [5.74, 6) is -4.34. The van der Waals surface area contributed by atoms with Gasteiger partial charge in [0.15, 0.2) is 5.82 Å². The summed E-state index contributed by atoms with van der Waals surface area (Å²) in [6.45, 7) is 1.29. The number of aromatic nitrogens is 3. The summed E-state index contributed by atoms with van der Waals surface area (Å²) in [7, 11) is 0. The van der Waals surface area contributed by atoms with Gasteiger partial charge in [-0.05, 0) is 85.2 Å². The number of amides is 2. The fourth-order valence-corrected chi connectivity index (χ4v) is 5.48. The lowest BCUT2D eigenvalue weighted by Crippen LogP contribution is -2.39. The van der Waals surface area contributed by atoms with Crippen LogP contribution in [0.4, 0.5) is 55.2 Å². The van der Waals surface area contributed by atoms with Crippen molar-refractivity contribution >= 4 is 64.2 Å². The number of aliphatic carboxylic acids is 2. The van der Waals surface area contributed by atoms with E-state index in [4.69, 9.17) is 31.4 Å². The summed E-state index contributed by atoms with van der Waals surface area (Å²) in [5.41, 5.74) is 5.33. The highest BCUT2D eigenvalue weighted by molar-refractivity contribution is 6.32. The number of carboxylic acids is 2. The summed E-state index contributed by atoms with van der Waals surface area (Å²) >= 11 is 6.39. The Morgan fingerprint density at radius 3 is 2.09 bits per heavy atom. The number of piperidine rings is 1. The number of alkyl halides is 6. The molecule has 292 valence electrons. The van der Waals surface area contributed by atoms with Crippen molar-refractivity contribution in [2.24, 2.45) is 5.92 Å². The zero-order valence-corrected chi connectivity index (χ0v) is 29.2. The number of likely N-dealkylation sites (tertiary alicyclic amines) is 1. The maximum Gasteiger partial charge on any atom is 0.490 e. The smallest absolute Gasteiger partial charge is 0.475 e.